The molecule has 0 spiro atoms. The highest BCUT2D eigenvalue weighted by atomic mass is 32.2. The molecule has 0 saturated heterocycles. The number of halogens is 3. The van der Waals surface area contributed by atoms with Crippen LogP contribution >= 0.6 is 0 Å². The quantitative estimate of drug-likeness (QED) is 0.276. The Kier molecular flexibility index (Phi) is 6.88. The van der Waals surface area contributed by atoms with Crippen molar-refractivity contribution in [3.8, 4) is 11.3 Å². The number of hydrogen-bond acceptors (Lipinski definition) is 5. The molecule has 0 bridgehead atoms. The minimum Gasteiger partial charge on any atom is -0.741 e. The van der Waals surface area contributed by atoms with Crippen LogP contribution in [0.5, 0.6) is 0 Å². The number of carbonyl (C=O) groups is 1. The van der Waals surface area contributed by atoms with Crippen LogP contribution in [0.1, 0.15) is 10.4 Å². The van der Waals surface area contributed by atoms with E-state index in [9.17, 15) is 18.0 Å². The van der Waals surface area contributed by atoms with Gasteiger partial charge in [-0.2, -0.15) is 13.2 Å². The van der Waals surface area contributed by atoms with Gasteiger partial charge in [-0.1, -0.05) is 60.7 Å². The van der Waals surface area contributed by atoms with Crippen molar-refractivity contribution >= 4 is 15.9 Å². The van der Waals surface area contributed by atoms with Gasteiger partial charge < -0.3 is 4.55 Å². The Balaban J connectivity index is 0.000000321. The maximum atomic E-state index is 12.2. The SMILES string of the molecule is Cn1n[n+](CC(=O)c2ccccc2)cc1-c1ccccc1.O=S(=O)([O-])C(F)(F)F. The minimum atomic E-state index is -6.09. The molecule has 0 aliphatic rings. The van der Waals surface area contributed by atoms with Gasteiger partial charge in [-0.15, -0.1) is 9.36 Å². The van der Waals surface area contributed by atoms with Crippen LogP contribution in [-0.2, 0) is 23.7 Å². The number of carbonyl (C=O) groups excluding carboxylic acids is 1. The van der Waals surface area contributed by atoms with E-state index in [-0.39, 0.29) is 12.3 Å². The first kappa shape index (κ1) is 22.2. The molecule has 7 nitrogen and oxygen atoms in total. The second-order valence-electron chi connectivity index (χ2n) is 5.78. The Hall–Kier alpha value is -3.05. The first-order valence-corrected chi connectivity index (χ1v) is 9.49. The second kappa shape index (κ2) is 8.97. The Labute approximate surface area is 164 Å². The first-order chi connectivity index (χ1) is 13.5. The van der Waals surface area contributed by atoms with Crippen LogP contribution < -0.4 is 4.68 Å². The molecule has 3 aromatic rings. The Bertz CT molecular complexity index is 1070. The van der Waals surface area contributed by atoms with E-state index in [0.29, 0.717) is 5.56 Å². The van der Waals surface area contributed by atoms with Crippen LogP contribution in [0.15, 0.2) is 66.9 Å². The third-order valence-electron chi connectivity index (χ3n) is 3.62. The Morgan fingerprint density at radius 3 is 2.03 bits per heavy atom. The third kappa shape index (κ3) is 6.22. The van der Waals surface area contributed by atoms with E-state index in [2.05, 4.69) is 5.21 Å². The van der Waals surface area contributed by atoms with Gasteiger partial charge in [-0.3, -0.25) is 4.79 Å². The van der Waals surface area contributed by atoms with Gasteiger partial charge in [0.1, 0.15) is 7.05 Å². The summed E-state index contributed by atoms with van der Waals surface area (Å²) in [6, 6.07) is 19.3. The number of aryl methyl sites for hydroxylation is 1. The molecule has 11 heteroatoms. The summed E-state index contributed by atoms with van der Waals surface area (Å²) in [5, 5.41) is 4.36. The average Bonchev–Trinajstić information content (AvgIpc) is 3.02. The molecule has 154 valence electrons. The molecule has 0 fully saturated rings. The summed E-state index contributed by atoms with van der Waals surface area (Å²) in [4.78, 5) is 12.2. The smallest absolute Gasteiger partial charge is 0.485 e. The van der Waals surface area contributed by atoms with Crippen molar-refractivity contribution in [1.82, 2.24) is 9.90 Å². The van der Waals surface area contributed by atoms with Crippen LogP contribution in [0.25, 0.3) is 11.3 Å². The number of Topliss-reactive ketones (excluding diaryl/α,β-unsaturated/α-hetero) is 1. The van der Waals surface area contributed by atoms with Crippen LogP contribution in [0.4, 0.5) is 13.2 Å². The topological polar surface area (TPSA) is 96.0 Å². The highest BCUT2D eigenvalue weighted by Crippen LogP contribution is 2.20. The largest absolute Gasteiger partial charge is 0.741 e. The first-order valence-electron chi connectivity index (χ1n) is 8.08. The standard InChI is InChI=1S/C17H16N3O.CHF3O3S/c1-19-16(14-8-4-2-5-9-14)12-20(18-19)13-17(21)15-10-6-3-7-11-15;2-1(3,4)8(5,6)7/h2-12H,13H2,1H3;(H,5,6,7)/q+1;/p-1. The molecule has 3 rings (SSSR count). The van der Waals surface area contributed by atoms with Crippen molar-refractivity contribution in [2.75, 3.05) is 0 Å². The maximum Gasteiger partial charge on any atom is 0.485 e. The van der Waals surface area contributed by atoms with Crippen LogP contribution in [0.3, 0.4) is 0 Å². The lowest BCUT2D eigenvalue weighted by atomic mass is 10.1. The summed E-state index contributed by atoms with van der Waals surface area (Å²) in [6.45, 7) is 0.241. The van der Waals surface area contributed by atoms with Crippen LogP contribution in [-0.4, -0.2) is 34.2 Å². The van der Waals surface area contributed by atoms with E-state index in [1.165, 1.54) is 0 Å². The van der Waals surface area contributed by atoms with E-state index < -0.39 is 15.6 Å². The van der Waals surface area contributed by atoms with Crippen molar-refractivity contribution in [2.24, 2.45) is 7.05 Å². The zero-order chi connectivity index (χ0) is 21.7. The van der Waals surface area contributed by atoms with E-state index in [1.54, 1.807) is 9.36 Å². The van der Waals surface area contributed by atoms with Gasteiger partial charge in [-0.05, 0) is 0 Å². The fraction of sp³-hybridized carbons (Fsp3) is 0.167. The number of nitrogens with zero attached hydrogens (tertiary/aromatic N) is 3. The molecule has 0 aliphatic heterocycles. The van der Waals surface area contributed by atoms with Crippen molar-refractivity contribution in [1.29, 1.82) is 0 Å². The van der Waals surface area contributed by atoms with Gasteiger partial charge in [0.05, 0.1) is 5.21 Å². The molecule has 1 heterocycles. The predicted molar refractivity (Wildman–Crippen MR) is 95.4 cm³/mol. The molecule has 0 saturated carbocycles. The van der Waals surface area contributed by atoms with Gasteiger partial charge in [0.15, 0.2) is 28.6 Å². The zero-order valence-corrected chi connectivity index (χ0v) is 15.9. The fourth-order valence-electron chi connectivity index (χ4n) is 2.28. The van der Waals surface area contributed by atoms with Crippen molar-refractivity contribution in [3.63, 3.8) is 0 Å². The summed E-state index contributed by atoms with van der Waals surface area (Å²) in [6.07, 6.45) is 1.90. The molecule has 0 aliphatic carbocycles. The number of benzene rings is 2. The van der Waals surface area contributed by atoms with Gasteiger partial charge >= 0.3 is 5.51 Å². The van der Waals surface area contributed by atoms with Gasteiger partial charge in [-0.25, -0.2) is 8.42 Å². The lowest BCUT2D eigenvalue weighted by Gasteiger charge is -2.08. The lowest BCUT2D eigenvalue weighted by Crippen LogP contribution is -2.40. The predicted octanol–water partition coefficient (Wildman–Crippen LogP) is 2.31. The third-order valence-corrected chi connectivity index (χ3v) is 4.19. The van der Waals surface area contributed by atoms with Gasteiger partial charge in [0, 0.05) is 11.1 Å². The molecule has 29 heavy (non-hydrogen) atoms. The summed E-state index contributed by atoms with van der Waals surface area (Å²) >= 11 is 0. The number of aromatic nitrogens is 3. The monoisotopic (exact) mass is 427 g/mol. The van der Waals surface area contributed by atoms with Gasteiger partial charge in [0.25, 0.3) is 0 Å². The molecular weight excluding hydrogens is 411 g/mol. The molecular formula is C18H16F3N3O4S. The average molecular weight is 427 g/mol. The normalized spacial score (nSPS) is 11.5. The molecule has 2 aromatic carbocycles. The summed E-state index contributed by atoms with van der Waals surface area (Å²) < 4.78 is 62.4. The van der Waals surface area contributed by atoms with E-state index in [0.717, 1.165) is 11.3 Å². The van der Waals surface area contributed by atoms with Gasteiger partial charge in [0.2, 0.25) is 5.78 Å². The lowest BCUT2D eigenvalue weighted by molar-refractivity contribution is -0.742. The summed E-state index contributed by atoms with van der Waals surface area (Å²) in [5.74, 6) is 0.0540. The van der Waals surface area contributed by atoms with Crippen molar-refractivity contribution < 1.29 is 35.6 Å². The highest BCUT2D eigenvalue weighted by molar-refractivity contribution is 7.86. The number of rotatable bonds is 4. The van der Waals surface area contributed by atoms with Crippen molar-refractivity contribution in [3.05, 3.63) is 72.4 Å². The summed E-state index contributed by atoms with van der Waals surface area (Å²) in [5.41, 5.74) is -2.88. The summed E-state index contributed by atoms with van der Waals surface area (Å²) in [7, 11) is -4.21. The molecule has 0 radical (unpaired) electrons. The van der Waals surface area contributed by atoms with Crippen LogP contribution in [0.2, 0.25) is 0 Å². The molecule has 0 unspecified atom stereocenters. The minimum absolute atomic E-state index is 0.0540. The molecule has 0 N–H and O–H groups in total. The number of alkyl halides is 3. The number of ketones is 1. The molecule has 1 aromatic heterocycles. The van der Waals surface area contributed by atoms with E-state index in [4.69, 9.17) is 13.0 Å². The van der Waals surface area contributed by atoms with E-state index in [1.807, 2.05) is 73.9 Å². The highest BCUT2D eigenvalue weighted by Gasteiger charge is 2.36. The Morgan fingerprint density at radius 1 is 1.07 bits per heavy atom. The Morgan fingerprint density at radius 2 is 1.55 bits per heavy atom. The van der Waals surface area contributed by atoms with Crippen LogP contribution in [0, 0.1) is 0 Å². The van der Waals surface area contributed by atoms with Crippen molar-refractivity contribution in [2.45, 2.75) is 12.1 Å². The maximum absolute atomic E-state index is 12.2. The zero-order valence-electron chi connectivity index (χ0n) is 15.1. The second-order valence-corrected chi connectivity index (χ2v) is 7.15. The van der Waals surface area contributed by atoms with E-state index >= 15 is 0 Å². The molecule has 0 atom stereocenters. The number of hydrogen-bond donors (Lipinski definition) is 0. The molecule has 0 amide bonds. The fourth-order valence-corrected chi connectivity index (χ4v) is 2.28.